The number of thiocarbonyl (C=S) groups is 1. The molecule has 0 radical (unpaired) electrons. The van der Waals surface area contributed by atoms with E-state index in [-0.39, 0.29) is 0 Å². The molecular weight excluding hydrogens is 258 g/mol. The Morgan fingerprint density at radius 3 is 2.74 bits per heavy atom. The molecule has 0 bridgehead atoms. The predicted molar refractivity (Wildman–Crippen MR) is 83.2 cm³/mol. The molecule has 1 fully saturated rings. The molecule has 0 saturated carbocycles. The van der Waals surface area contributed by atoms with Crippen LogP contribution >= 0.6 is 12.2 Å². The Bertz CT molecular complexity index is 478. The van der Waals surface area contributed by atoms with Crippen molar-refractivity contribution in [2.45, 2.75) is 13.0 Å². The van der Waals surface area contributed by atoms with Crippen molar-refractivity contribution in [1.29, 1.82) is 0 Å². The molecule has 1 atom stereocenters. The van der Waals surface area contributed by atoms with Gasteiger partial charge in [-0.25, -0.2) is 0 Å². The van der Waals surface area contributed by atoms with Gasteiger partial charge in [-0.1, -0.05) is 12.2 Å². The first-order chi connectivity index (χ1) is 9.02. The Kier molecular flexibility index (Phi) is 4.27. The molecule has 0 aromatic heterocycles. The summed E-state index contributed by atoms with van der Waals surface area (Å²) in [6, 6.07) is 6.30. The Hall–Kier alpha value is -1.33. The van der Waals surface area contributed by atoms with Gasteiger partial charge in [-0.2, -0.15) is 0 Å². The molecule has 1 saturated heterocycles. The molecule has 1 heterocycles. The third-order valence-corrected chi connectivity index (χ3v) is 3.83. The second-order valence-electron chi connectivity index (χ2n) is 5.05. The second kappa shape index (κ2) is 5.75. The lowest BCUT2D eigenvalue weighted by Crippen LogP contribution is -2.51. The summed E-state index contributed by atoms with van der Waals surface area (Å²) in [6.07, 6.45) is 0. The number of rotatable bonds is 3. The van der Waals surface area contributed by atoms with Crippen LogP contribution in [0.5, 0.6) is 5.75 Å². The highest BCUT2D eigenvalue weighted by Crippen LogP contribution is 2.29. The molecule has 0 spiro atoms. The number of piperazine rings is 1. The molecule has 0 aliphatic carbocycles. The van der Waals surface area contributed by atoms with Crippen molar-refractivity contribution >= 4 is 22.9 Å². The Balaban J connectivity index is 2.38. The van der Waals surface area contributed by atoms with Crippen LogP contribution in [0, 0.1) is 0 Å². The zero-order valence-corrected chi connectivity index (χ0v) is 12.5. The molecule has 2 N–H and O–H groups in total. The molecule has 1 aromatic rings. The molecule has 1 aliphatic rings. The van der Waals surface area contributed by atoms with Crippen LogP contribution in [0.2, 0.25) is 0 Å². The summed E-state index contributed by atoms with van der Waals surface area (Å²) in [5.41, 5.74) is 7.84. The summed E-state index contributed by atoms with van der Waals surface area (Å²) < 4.78 is 5.32. The summed E-state index contributed by atoms with van der Waals surface area (Å²) in [6.45, 7) is 5.27. The minimum absolute atomic E-state index is 0.430. The van der Waals surface area contributed by atoms with E-state index in [1.807, 2.05) is 18.2 Å². The van der Waals surface area contributed by atoms with Gasteiger partial charge in [0.2, 0.25) is 0 Å². The van der Waals surface area contributed by atoms with E-state index in [4.69, 9.17) is 22.7 Å². The predicted octanol–water partition coefficient (Wildman–Crippen LogP) is 1.47. The quantitative estimate of drug-likeness (QED) is 0.849. The molecule has 19 heavy (non-hydrogen) atoms. The first kappa shape index (κ1) is 14.1. The number of likely N-dealkylation sites (N-methyl/N-ethyl adjacent to an activating group) is 1. The number of nitrogens with two attached hydrogens (primary N) is 1. The van der Waals surface area contributed by atoms with Gasteiger partial charge in [-0.3, -0.25) is 0 Å². The number of hydrogen-bond acceptors (Lipinski definition) is 4. The van der Waals surface area contributed by atoms with E-state index in [9.17, 15) is 0 Å². The Morgan fingerprint density at radius 1 is 1.42 bits per heavy atom. The first-order valence-corrected chi connectivity index (χ1v) is 6.86. The van der Waals surface area contributed by atoms with Crippen molar-refractivity contribution in [2.75, 3.05) is 38.7 Å². The SMILES string of the molecule is COc1ccc(C(N)=S)c(N2CCN(C)CC2C)c1. The standard InChI is InChI=1S/C14H21N3OS/c1-10-9-16(2)6-7-17(10)13-8-11(18-3)4-5-12(13)14(15)19/h4-5,8,10H,6-7,9H2,1-3H3,(H2,15,19). The minimum Gasteiger partial charge on any atom is -0.497 e. The van der Waals surface area contributed by atoms with Gasteiger partial charge in [-0.05, 0) is 26.1 Å². The molecule has 2 rings (SSSR count). The topological polar surface area (TPSA) is 41.7 Å². The van der Waals surface area contributed by atoms with E-state index in [0.29, 0.717) is 11.0 Å². The van der Waals surface area contributed by atoms with Crippen molar-refractivity contribution in [1.82, 2.24) is 4.90 Å². The summed E-state index contributed by atoms with van der Waals surface area (Å²) in [5.74, 6) is 0.834. The van der Waals surface area contributed by atoms with Crippen LogP contribution in [0.15, 0.2) is 18.2 Å². The van der Waals surface area contributed by atoms with Crippen molar-refractivity contribution in [3.63, 3.8) is 0 Å². The van der Waals surface area contributed by atoms with Crippen molar-refractivity contribution in [3.8, 4) is 5.75 Å². The summed E-state index contributed by atoms with van der Waals surface area (Å²) in [4.78, 5) is 5.13. The normalized spacial score (nSPS) is 20.4. The smallest absolute Gasteiger partial charge is 0.120 e. The van der Waals surface area contributed by atoms with Crippen LogP contribution < -0.4 is 15.4 Å². The van der Waals surface area contributed by atoms with Crippen molar-refractivity contribution in [3.05, 3.63) is 23.8 Å². The van der Waals surface area contributed by atoms with Gasteiger partial charge in [0, 0.05) is 37.3 Å². The maximum absolute atomic E-state index is 5.84. The van der Waals surface area contributed by atoms with Crippen LogP contribution in [-0.2, 0) is 0 Å². The third-order valence-electron chi connectivity index (χ3n) is 3.61. The van der Waals surface area contributed by atoms with Crippen LogP contribution in [0.25, 0.3) is 0 Å². The zero-order valence-electron chi connectivity index (χ0n) is 11.7. The molecule has 5 heteroatoms. The lowest BCUT2D eigenvalue weighted by molar-refractivity contribution is 0.275. The number of ether oxygens (including phenoxy) is 1. The van der Waals surface area contributed by atoms with E-state index in [2.05, 4.69) is 23.8 Å². The Labute approximate surface area is 120 Å². The van der Waals surface area contributed by atoms with E-state index in [1.165, 1.54) is 0 Å². The number of methoxy groups -OCH3 is 1. The third kappa shape index (κ3) is 2.98. The van der Waals surface area contributed by atoms with Gasteiger partial charge in [0.1, 0.15) is 10.7 Å². The second-order valence-corrected chi connectivity index (χ2v) is 5.49. The molecule has 1 aliphatic heterocycles. The van der Waals surface area contributed by atoms with Gasteiger partial charge in [0.15, 0.2) is 0 Å². The lowest BCUT2D eigenvalue weighted by atomic mass is 10.1. The minimum atomic E-state index is 0.430. The molecule has 4 nitrogen and oxygen atoms in total. The van der Waals surface area contributed by atoms with Gasteiger partial charge in [0.05, 0.1) is 12.8 Å². The maximum Gasteiger partial charge on any atom is 0.120 e. The molecular formula is C14H21N3OS. The van der Waals surface area contributed by atoms with Gasteiger partial charge < -0.3 is 20.3 Å². The number of nitrogens with zero attached hydrogens (tertiary/aromatic N) is 2. The largest absolute Gasteiger partial charge is 0.497 e. The average Bonchev–Trinajstić information content (AvgIpc) is 2.38. The summed E-state index contributed by atoms with van der Waals surface area (Å²) in [5, 5.41) is 0. The number of benzene rings is 1. The fraction of sp³-hybridized carbons (Fsp3) is 0.500. The van der Waals surface area contributed by atoms with E-state index in [0.717, 1.165) is 36.6 Å². The van der Waals surface area contributed by atoms with Crippen LogP contribution in [0.3, 0.4) is 0 Å². The van der Waals surface area contributed by atoms with Crippen molar-refractivity contribution in [2.24, 2.45) is 5.73 Å². The number of anilines is 1. The highest BCUT2D eigenvalue weighted by Gasteiger charge is 2.24. The zero-order chi connectivity index (χ0) is 14.0. The Morgan fingerprint density at radius 2 is 2.16 bits per heavy atom. The summed E-state index contributed by atoms with van der Waals surface area (Å²) >= 11 is 5.16. The van der Waals surface area contributed by atoms with Gasteiger partial charge >= 0.3 is 0 Å². The fourth-order valence-electron chi connectivity index (χ4n) is 2.58. The van der Waals surface area contributed by atoms with E-state index in [1.54, 1.807) is 7.11 Å². The van der Waals surface area contributed by atoms with Crippen LogP contribution in [0.4, 0.5) is 5.69 Å². The van der Waals surface area contributed by atoms with E-state index < -0.39 is 0 Å². The van der Waals surface area contributed by atoms with Crippen molar-refractivity contribution < 1.29 is 4.74 Å². The highest BCUT2D eigenvalue weighted by atomic mass is 32.1. The molecule has 0 amide bonds. The van der Waals surface area contributed by atoms with Crippen LogP contribution in [-0.4, -0.2) is 49.7 Å². The fourth-order valence-corrected chi connectivity index (χ4v) is 2.75. The monoisotopic (exact) mass is 279 g/mol. The average molecular weight is 279 g/mol. The van der Waals surface area contributed by atoms with Gasteiger partial charge in [0.25, 0.3) is 0 Å². The highest BCUT2D eigenvalue weighted by molar-refractivity contribution is 7.80. The maximum atomic E-state index is 5.84. The number of hydrogen-bond donors (Lipinski definition) is 1. The van der Waals surface area contributed by atoms with E-state index >= 15 is 0 Å². The summed E-state index contributed by atoms with van der Waals surface area (Å²) in [7, 11) is 3.82. The molecule has 104 valence electrons. The molecule has 1 unspecified atom stereocenters. The van der Waals surface area contributed by atoms with Gasteiger partial charge in [-0.15, -0.1) is 0 Å². The lowest BCUT2D eigenvalue weighted by Gasteiger charge is -2.40. The first-order valence-electron chi connectivity index (χ1n) is 6.46. The van der Waals surface area contributed by atoms with Crippen LogP contribution in [0.1, 0.15) is 12.5 Å². The molecule has 1 aromatic carbocycles.